The molecule has 3 N–H and O–H groups in total. The van der Waals surface area contributed by atoms with Crippen LogP contribution in [-0.2, 0) is 14.5 Å². The first-order chi connectivity index (χ1) is 16.2. The van der Waals surface area contributed by atoms with Crippen LogP contribution in [0.4, 0.5) is 34.8 Å². The number of amides is 1. The van der Waals surface area contributed by atoms with Crippen LogP contribution in [0, 0.1) is 12.7 Å². The van der Waals surface area contributed by atoms with Gasteiger partial charge in [0.05, 0.1) is 17.7 Å². The van der Waals surface area contributed by atoms with Crippen LogP contribution >= 0.6 is 0 Å². The molecule has 0 spiro atoms. The van der Waals surface area contributed by atoms with E-state index >= 15 is 0 Å². The monoisotopic (exact) mass is 513 g/mol. The summed E-state index contributed by atoms with van der Waals surface area (Å²) >= 11 is 0. The molecule has 8 nitrogen and oxygen atoms in total. The lowest BCUT2D eigenvalue weighted by molar-refractivity contribution is -0.173. The molecule has 1 unspecified atom stereocenters. The van der Waals surface area contributed by atoms with E-state index in [1.165, 1.54) is 31.6 Å². The molecule has 0 aliphatic heterocycles. The maximum Gasteiger partial charge on any atom is 0.471 e. The van der Waals surface area contributed by atoms with Crippen molar-refractivity contribution in [3.8, 4) is 5.75 Å². The minimum Gasteiger partial charge on any atom is -0.487 e. The van der Waals surface area contributed by atoms with Crippen LogP contribution in [0.5, 0.6) is 5.75 Å². The maximum atomic E-state index is 13.9. The molecule has 0 bridgehead atoms. The number of nitrogens with one attached hydrogen (secondary N) is 3. The Kier molecular flexibility index (Phi) is 7.38. The highest BCUT2D eigenvalue weighted by molar-refractivity contribution is 8.00. The quantitative estimate of drug-likeness (QED) is 0.311. The standard InChI is InChI=1S/C22H23F4N5O3S/c1-12-7-15(31-35(3,4)33)9-17-19(12)20(29-11-28-17)30-16-6-5-14(23)8-18(16)34-13(2)10-27-21(32)22(24,25)26/h5-9,11,13H,3,10H2,1-2,4H3,(H,27,32)(H,31,33)(H,28,29,30)/t13-,35?/m1/s1. The van der Waals surface area contributed by atoms with Crippen molar-refractivity contribution in [3.63, 3.8) is 0 Å². The van der Waals surface area contributed by atoms with Crippen molar-refractivity contribution in [2.24, 2.45) is 0 Å². The molecular weight excluding hydrogens is 490 g/mol. The Balaban J connectivity index is 1.88. The molecule has 0 aliphatic carbocycles. The summed E-state index contributed by atoms with van der Waals surface area (Å²) in [5, 5.41) is 5.40. The van der Waals surface area contributed by atoms with E-state index in [-0.39, 0.29) is 11.4 Å². The Morgan fingerprint density at radius 3 is 2.60 bits per heavy atom. The summed E-state index contributed by atoms with van der Waals surface area (Å²) in [6.07, 6.45) is -3.16. The molecule has 188 valence electrons. The van der Waals surface area contributed by atoms with Crippen LogP contribution in [0.2, 0.25) is 0 Å². The van der Waals surface area contributed by atoms with Gasteiger partial charge < -0.3 is 20.1 Å². The van der Waals surface area contributed by atoms with Crippen LogP contribution in [-0.4, -0.2) is 51.0 Å². The van der Waals surface area contributed by atoms with E-state index < -0.39 is 40.3 Å². The lowest BCUT2D eigenvalue weighted by Gasteiger charge is -2.19. The van der Waals surface area contributed by atoms with Crippen molar-refractivity contribution in [1.29, 1.82) is 0 Å². The van der Waals surface area contributed by atoms with Crippen LogP contribution in [0.25, 0.3) is 10.9 Å². The van der Waals surface area contributed by atoms with E-state index in [1.54, 1.807) is 24.4 Å². The van der Waals surface area contributed by atoms with Gasteiger partial charge in [0.25, 0.3) is 0 Å². The molecule has 0 fully saturated rings. The molecular formula is C22H23F4N5O3S. The number of hydrogen-bond acceptors (Lipinski definition) is 6. The number of halogens is 4. The molecule has 35 heavy (non-hydrogen) atoms. The lowest BCUT2D eigenvalue weighted by Crippen LogP contribution is -2.41. The average molecular weight is 514 g/mol. The summed E-state index contributed by atoms with van der Waals surface area (Å²) < 4.78 is 71.6. The summed E-state index contributed by atoms with van der Waals surface area (Å²) in [7, 11) is -2.51. The molecule has 1 heterocycles. The maximum absolute atomic E-state index is 13.9. The number of ether oxygens (including phenoxy) is 1. The summed E-state index contributed by atoms with van der Waals surface area (Å²) in [5.74, 6) is 1.21. The Hall–Kier alpha value is -3.61. The second-order valence-electron chi connectivity index (χ2n) is 7.92. The lowest BCUT2D eigenvalue weighted by atomic mass is 10.1. The van der Waals surface area contributed by atoms with Crippen LogP contribution < -0.4 is 20.1 Å². The van der Waals surface area contributed by atoms with E-state index in [0.717, 1.165) is 11.6 Å². The molecule has 1 aromatic heterocycles. The number of alkyl halides is 3. The van der Waals surface area contributed by atoms with Gasteiger partial charge in [0.1, 0.15) is 29.8 Å². The number of fused-ring (bicyclic) bond motifs is 1. The van der Waals surface area contributed by atoms with Gasteiger partial charge in [-0.2, -0.15) is 13.2 Å². The zero-order chi connectivity index (χ0) is 26.0. The Bertz CT molecular complexity index is 1360. The fourth-order valence-electron chi connectivity index (χ4n) is 3.21. The molecule has 0 radical (unpaired) electrons. The third kappa shape index (κ3) is 6.94. The third-order valence-corrected chi connectivity index (χ3v) is 5.27. The van der Waals surface area contributed by atoms with E-state index in [2.05, 4.69) is 25.9 Å². The van der Waals surface area contributed by atoms with Gasteiger partial charge >= 0.3 is 12.1 Å². The molecule has 2 atom stereocenters. The van der Waals surface area contributed by atoms with Crippen molar-refractivity contribution < 1.29 is 31.3 Å². The van der Waals surface area contributed by atoms with Gasteiger partial charge in [-0.15, -0.1) is 0 Å². The number of carbonyl (C=O) groups is 1. The first kappa shape index (κ1) is 26.0. The third-order valence-electron chi connectivity index (χ3n) is 4.60. The summed E-state index contributed by atoms with van der Waals surface area (Å²) in [6.45, 7) is 2.78. The molecule has 1 amide bonds. The van der Waals surface area contributed by atoms with Crippen LogP contribution in [0.1, 0.15) is 12.5 Å². The van der Waals surface area contributed by atoms with E-state index in [4.69, 9.17) is 4.74 Å². The highest BCUT2D eigenvalue weighted by atomic mass is 32.2. The summed E-state index contributed by atoms with van der Waals surface area (Å²) in [4.78, 5) is 19.5. The zero-order valence-corrected chi connectivity index (χ0v) is 19.8. The van der Waals surface area contributed by atoms with Crippen LogP contribution in [0.15, 0.2) is 36.7 Å². The normalized spacial score (nSPS) is 14.1. The molecule has 2 aromatic carbocycles. The van der Waals surface area contributed by atoms with Gasteiger partial charge in [-0.3, -0.25) is 4.79 Å². The number of anilines is 3. The van der Waals surface area contributed by atoms with E-state index in [9.17, 15) is 26.6 Å². The SMILES string of the molecule is C=S(C)(=O)Nc1cc(C)c2c(Nc3ccc(F)cc3O[C@H](C)CNC(=O)C(F)(F)F)ncnc2c1. The highest BCUT2D eigenvalue weighted by Crippen LogP contribution is 2.33. The molecule has 13 heteroatoms. The first-order valence-electron chi connectivity index (χ1n) is 10.2. The van der Waals surface area contributed by atoms with Gasteiger partial charge in [0.15, 0.2) is 0 Å². The number of benzene rings is 2. The fourth-order valence-corrected chi connectivity index (χ4v) is 3.83. The van der Waals surface area contributed by atoms with Gasteiger partial charge in [-0.05, 0) is 49.5 Å². The average Bonchev–Trinajstić information content (AvgIpc) is 2.71. The first-order valence-corrected chi connectivity index (χ1v) is 12.3. The van der Waals surface area contributed by atoms with E-state index in [0.29, 0.717) is 22.4 Å². The minimum absolute atomic E-state index is 0.00392. The van der Waals surface area contributed by atoms with Crippen LogP contribution in [0.3, 0.4) is 0 Å². The predicted octanol–water partition coefficient (Wildman–Crippen LogP) is 3.94. The number of aryl methyl sites for hydroxylation is 1. The number of carbonyl (C=O) groups excluding carboxylic acids is 1. The number of rotatable bonds is 8. The van der Waals surface area contributed by atoms with Gasteiger partial charge in [0, 0.05) is 33.1 Å². The Labute approximate surface area is 199 Å². The number of nitrogens with zero attached hydrogens (tertiary/aromatic N) is 2. The second kappa shape index (κ2) is 9.94. The van der Waals surface area contributed by atoms with Gasteiger partial charge in [-0.1, -0.05) is 0 Å². The Morgan fingerprint density at radius 2 is 1.94 bits per heavy atom. The number of hydrogen-bond donors (Lipinski definition) is 3. The Morgan fingerprint density at radius 1 is 1.23 bits per heavy atom. The smallest absolute Gasteiger partial charge is 0.471 e. The van der Waals surface area contributed by atoms with Crippen molar-refractivity contribution in [2.75, 3.05) is 22.8 Å². The molecule has 3 rings (SSSR count). The van der Waals surface area contributed by atoms with Crippen molar-refractivity contribution >= 4 is 49.6 Å². The second-order valence-corrected chi connectivity index (χ2v) is 10.1. The predicted molar refractivity (Wildman–Crippen MR) is 128 cm³/mol. The minimum atomic E-state index is -5.02. The summed E-state index contributed by atoms with van der Waals surface area (Å²) in [5.41, 5.74) is 2.12. The number of aromatic nitrogens is 2. The van der Waals surface area contributed by atoms with E-state index in [1.807, 2.05) is 0 Å². The largest absolute Gasteiger partial charge is 0.487 e. The molecule has 0 saturated carbocycles. The fraction of sp³-hybridized carbons (Fsp3) is 0.273. The molecule has 0 saturated heterocycles. The topological polar surface area (TPSA) is 105 Å². The molecule has 0 aliphatic rings. The zero-order valence-electron chi connectivity index (χ0n) is 19.0. The van der Waals surface area contributed by atoms with Gasteiger partial charge in [0.2, 0.25) is 0 Å². The van der Waals surface area contributed by atoms with Crippen molar-refractivity contribution in [2.45, 2.75) is 26.1 Å². The van der Waals surface area contributed by atoms with Crippen molar-refractivity contribution in [3.05, 3.63) is 48.0 Å². The molecule has 3 aromatic rings. The van der Waals surface area contributed by atoms with Gasteiger partial charge in [-0.25, -0.2) is 18.6 Å². The highest BCUT2D eigenvalue weighted by Gasteiger charge is 2.38. The van der Waals surface area contributed by atoms with Crippen molar-refractivity contribution in [1.82, 2.24) is 15.3 Å². The summed E-state index contributed by atoms with van der Waals surface area (Å²) in [6, 6.07) is 7.06.